The van der Waals surface area contributed by atoms with Gasteiger partial charge in [-0.05, 0) is 43.0 Å². The molecule has 0 spiro atoms. The van der Waals surface area contributed by atoms with E-state index in [2.05, 4.69) is 52.3 Å². The summed E-state index contributed by atoms with van der Waals surface area (Å²) in [6, 6.07) is 18.7. The lowest BCUT2D eigenvalue weighted by atomic mass is 10.1. The molecule has 1 fully saturated rings. The first-order chi connectivity index (χ1) is 12.2. The topological polar surface area (TPSA) is 37.3 Å². The number of rotatable bonds is 4. The maximum atomic E-state index is 12.7. The lowest BCUT2D eigenvalue weighted by molar-refractivity contribution is -0.117. The zero-order valence-electron chi connectivity index (χ0n) is 14.5. The van der Waals surface area contributed by atoms with E-state index < -0.39 is 0 Å². The van der Waals surface area contributed by atoms with Gasteiger partial charge in [0.2, 0.25) is 5.91 Å². The molecular formula is C21H23N3O. The fraction of sp³-hybridized carbons (Fsp3) is 0.286. The normalized spacial score (nSPS) is 17.9. The Balaban J connectivity index is 1.49. The van der Waals surface area contributed by atoms with Crippen molar-refractivity contribution in [2.45, 2.75) is 18.9 Å². The molecule has 3 aromatic rings. The van der Waals surface area contributed by atoms with Crippen LogP contribution in [0.15, 0.2) is 60.8 Å². The standard InChI is InChI=1S/C21H23N3O/c1-23-13-5-11-19(23)20-12-6-14-24(20)15-21(25)22-18-10-4-8-16-7-2-3-9-17(16)18/h2-5,7-11,13,20H,6,12,14-15H2,1H3,(H,22,25)/t20-/m1/s1. The Morgan fingerprint density at radius 1 is 1.12 bits per heavy atom. The van der Waals surface area contributed by atoms with Gasteiger partial charge in [0.15, 0.2) is 0 Å². The quantitative estimate of drug-likeness (QED) is 0.785. The highest BCUT2D eigenvalue weighted by Gasteiger charge is 2.29. The number of hydrogen-bond donors (Lipinski definition) is 1. The monoisotopic (exact) mass is 333 g/mol. The largest absolute Gasteiger partial charge is 0.353 e. The zero-order valence-corrected chi connectivity index (χ0v) is 14.5. The molecule has 1 aromatic heterocycles. The number of anilines is 1. The fourth-order valence-electron chi connectivity index (χ4n) is 3.88. The first-order valence-electron chi connectivity index (χ1n) is 8.85. The highest BCUT2D eigenvalue weighted by atomic mass is 16.2. The number of benzene rings is 2. The van der Waals surface area contributed by atoms with Gasteiger partial charge >= 0.3 is 0 Å². The number of aryl methyl sites for hydroxylation is 1. The third-order valence-electron chi connectivity index (χ3n) is 5.10. The maximum absolute atomic E-state index is 12.7. The van der Waals surface area contributed by atoms with Crippen LogP contribution in [-0.4, -0.2) is 28.5 Å². The number of carbonyl (C=O) groups excluding carboxylic acids is 1. The van der Waals surface area contributed by atoms with Crippen molar-refractivity contribution in [1.82, 2.24) is 9.47 Å². The van der Waals surface area contributed by atoms with E-state index in [1.54, 1.807) is 0 Å². The highest BCUT2D eigenvalue weighted by molar-refractivity contribution is 6.02. The van der Waals surface area contributed by atoms with Gasteiger partial charge < -0.3 is 9.88 Å². The van der Waals surface area contributed by atoms with Gasteiger partial charge in [-0.25, -0.2) is 0 Å². The summed E-state index contributed by atoms with van der Waals surface area (Å²) in [5.41, 5.74) is 2.17. The Hall–Kier alpha value is -2.59. The molecule has 1 amide bonds. The molecule has 25 heavy (non-hydrogen) atoms. The summed E-state index contributed by atoms with van der Waals surface area (Å²) in [6.07, 6.45) is 4.32. The van der Waals surface area contributed by atoms with Gasteiger partial charge in [0.25, 0.3) is 0 Å². The van der Waals surface area contributed by atoms with E-state index in [-0.39, 0.29) is 5.91 Å². The molecule has 2 heterocycles. The molecule has 0 aliphatic carbocycles. The lowest BCUT2D eigenvalue weighted by Gasteiger charge is -2.24. The van der Waals surface area contributed by atoms with Crippen LogP contribution in [0.4, 0.5) is 5.69 Å². The minimum Gasteiger partial charge on any atom is -0.353 e. The van der Waals surface area contributed by atoms with Crippen LogP contribution in [0.3, 0.4) is 0 Å². The van der Waals surface area contributed by atoms with E-state index in [0.717, 1.165) is 35.8 Å². The molecule has 0 bridgehead atoms. The fourth-order valence-corrected chi connectivity index (χ4v) is 3.88. The number of likely N-dealkylation sites (tertiary alicyclic amines) is 1. The number of carbonyl (C=O) groups is 1. The summed E-state index contributed by atoms with van der Waals surface area (Å²) in [6.45, 7) is 1.40. The van der Waals surface area contributed by atoms with E-state index in [9.17, 15) is 4.79 Å². The molecule has 0 saturated carbocycles. The Morgan fingerprint density at radius 3 is 2.80 bits per heavy atom. The van der Waals surface area contributed by atoms with Crippen LogP contribution in [0, 0.1) is 0 Å². The second-order valence-corrected chi connectivity index (χ2v) is 6.75. The third-order valence-corrected chi connectivity index (χ3v) is 5.10. The van der Waals surface area contributed by atoms with Gasteiger partial charge in [0.05, 0.1) is 12.6 Å². The molecule has 1 aliphatic heterocycles. The van der Waals surface area contributed by atoms with Gasteiger partial charge in [0.1, 0.15) is 0 Å². The number of hydrogen-bond acceptors (Lipinski definition) is 2. The van der Waals surface area contributed by atoms with Crippen LogP contribution in [0.5, 0.6) is 0 Å². The Morgan fingerprint density at radius 2 is 1.96 bits per heavy atom. The number of amides is 1. The molecule has 4 rings (SSSR count). The number of aromatic nitrogens is 1. The van der Waals surface area contributed by atoms with E-state index in [4.69, 9.17) is 0 Å². The van der Waals surface area contributed by atoms with Gasteiger partial charge in [-0.2, -0.15) is 0 Å². The van der Waals surface area contributed by atoms with Crippen molar-refractivity contribution in [2.24, 2.45) is 7.05 Å². The van der Waals surface area contributed by atoms with Crippen molar-refractivity contribution in [1.29, 1.82) is 0 Å². The second kappa shape index (κ2) is 6.73. The summed E-state index contributed by atoms with van der Waals surface area (Å²) >= 11 is 0. The van der Waals surface area contributed by atoms with Crippen LogP contribution in [-0.2, 0) is 11.8 Å². The van der Waals surface area contributed by atoms with Crippen molar-refractivity contribution in [3.05, 3.63) is 66.5 Å². The van der Waals surface area contributed by atoms with Gasteiger partial charge in [0, 0.05) is 30.0 Å². The molecule has 4 heteroatoms. The first kappa shape index (κ1) is 15.9. The van der Waals surface area contributed by atoms with E-state index in [1.807, 2.05) is 30.3 Å². The Kier molecular flexibility index (Phi) is 4.28. The molecule has 1 aliphatic rings. The predicted molar refractivity (Wildman–Crippen MR) is 102 cm³/mol. The summed E-state index contributed by atoms with van der Waals surface area (Å²) in [5.74, 6) is 0.0532. The van der Waals surface area contributed by atoms with E-state index in [1.165, 1.54) is 5.69 Å². The second-order valence-electron chi connectivity index (χ2n) is 6.75. The molecule has 0 radical (unpaired) electrons. The van der Waals surface area contributed by atoms with Crippen LogP contribution < -0.4 is 5.32 Å². The smallest absolute Gasteiger partial charge is 0.238 e. The molecule has 1 N–H and O–H groups in total. The van der Waals surface area contributed by atoms with Gasteiger partial charge in [-0.1, -0.05) is 36.4 Å². The number of nitrogens with zero attached hydrogens (tertiary/aromatic N) is 2. The maximum Gasteiger partial charge on any atom is 0.238 e. The zero-order chi connectivity index (χ0) is 17.2. The third kappa shape index (κ3) is 3.17. The molecule has 2 aromatic carbocycles. The van der Waals surface area contributed by atoms with Crippen LogP contribution in [0.25, 0.3) is 10.8 Å². The Labute approximate surface area is 148 Å². The molecule has 1 saturated heterocycles. The average molecular weight is 333 g/mol. The van der Waals surface area contributed by atoms with Gasteiger partial charge in [-0.15, -0.1) is 0 Å². The van der Waals surface area contributed by atoms with E-state index in [0.29, 0.717) is 12.6 Å². The SMILES string of the molecule is Cn1cccc1[C@H]1CCCN1CC(=O)Nc1cccc2ccccc12. The lowest BCUT2D eigenvalue weighted by Crippen LogP contribution is -2.33. The molecular weight excluding hydrogens is 310 g/mol. The minimum absolute atomic E-state index is 0.0532. The summed E-state index contributed by atoms with van der Waals surface area (Å²) < 4.78 is 2.16. The van der Waals surface area contributed by atoms with Crippen LogP contribution >= 0.6 is 0 Å². The van der Waals surface area contributed by atoms with E-state index >= 15 is 0 Å². The van der Waals surface area contributed by atoms with Gasteiger partial charge in [-0.3, -0.25) is 9.69 Å². The van der Waals surface area contributed by atoms with Crippen molar-refractivity contribution >= 4 is 22.4 Å². The summed E-state index contributed by atoms with van der Waals surface area (Å²) in [7, 11) is 2.07. The average Bonchev–Trinajstić information content (AvgIpc) is 3.23. The highest BCUT2D eigenvalue weighted by Crippen LogP contribution is 2.31. The number of nitrogens with one attached hydrogen (secondary N) is 1. The Bertz CT molecular complexity index is 894. The predicted octanol–water partition coefficient (Wildman–Crippen LogP) is 3.95. The summed E-state index contributed by atoms with van der Waals surface area (Å²) in [5, 5.41) is 5.33. The van der Waals surface area contributed by atoms with Crippen LogP contribution in [0.1, 0.15) is 24.6 Å². The summed E-state index contributed by atoms with van der Waals surface area (Å²) in [4.78, 5) is 14.9. The first-order valence-corrected chi connectivity index (χ1v) is 8.85. The molecule has 128 valence electrons. The molecule has 0 unspecified atom stereocenters. The van der Waals surface area contributed by atoms with Crippen molar-refractivity contribution in [3.63, 3.8) is 0 Å². The van der Waals surface area contributed by atoms with Crippen LogP contribution in [0.2, 0.25) is 0 Å². The minimum atomic E-state index is 0.0532. The van der Waals surface area contributed by atoms with Crippen molar-refractivity contribution in [3.8, 4) is 0 Å². The number of fused-ring (bicyclic) bond motifs is 1. The van der Waals surface area contributed by atoms with Crippen molar-refractivity contribution < 1.29 is 4.79 Å². The molecule has 4 nitrogen and oxygen atoms in total. The molecule has 1 atom stereocenters. The van der Waals surface area contributed by atoms with Crippen molar-refractivity contribution in [2.75, 3.05) is 18.4 Å².